The summed E-state index contributed by atoms with van der Waals surface area (Å²) in [6.07, 6.45) is 1.16. The van der Waals surface area contributed by atoms with Gasteiger partial charge in [0.15, 0.2) is 0 Å². The Kier molecular flexibility index (Phi) is 5.88. The number of rotatable bonds is 2. The second-order valence-corrected chi connectivity index (χ2v) is 8.81. The van der Waals surface area contributed by atoms with Crippen LogP contribution in [0.3, 0.4) is 0 Å². The third kappa shape index (κ3) is 3.74. The third-order valence-electron chi connectivity index (χ3n) is 5.74. The number of nitrogens with zero attached hydrogens (tertiary/aromatic N) is 4. The lowest BCUT2D eigenvalue weighted by atomic mass is 9.60. The van der Waals surface area contributed by atoms with Gasteiger partial charge in [-0.15, -0.1) is 0 Å². The van der Waals surface area contributed by atoms with Crippen LogP contribution < -0.4 is 10.5 Å². The number of allylic oxidation sites excluding steroid dienone is 2. The van der Waals surface area contributed by atoms with Crippen LogP contribution in [-0.4, -0.2) is 36.8 Å². The SMILES string of the molecule is COC(=O)N1CC=C2C(C1)C(c1ccc(OC(C)(C)C)cc1)C(C#N)=C(N)C2(C#N)C#N. The molecule has 2 N–H and O–H groups in total. The molecule has 2 aliphatic rings. The standard InChI is InChI=1S/C24H25N5O3/c1-23(2,3)32-16-7-5-15(6-8-16)20-17(11-25)21(28)24(13-26,14-27)19-9-10-29(12-18(19)20)22(30)31-4/h5-9,18,20H,10,12,28H2,1-4H3. The lowest BCUT2D eigenvalue weighted by Crippen LogP contribution is -2.48. The molecule has 1 aromatic rings. The Bertz CT molecular complexity index is 1090. The summed E-state index contributed by atoms with van der Waals surface area (Å²) in [4.78, 5) is 13.7. The Balaban J connectivity index is 2.16. The number of ether oxygens (including phenoxy) is 2. The first-order valence-corrected chi connectivity index (χ1v) is 10.2. The average molecular weight is 431 g/mol. The van der Waals surface area contributed by atoms with Crippen LogP contribution in [0.1, 0.15) is 32.3 Å². The number of benzene rings is 1. The van der Waals surface area contributed by atoms with Crippen LogP contribution in [0.5, 0.6) is 5.75 Å². The van der Waals surface area contributed by atoms with Crippen molar-refractivity contribution in [3.05, 3.63) is 52.7 Å². The molecule has 8 nitrogen and oxygen atoms in total. The van der Waals surface area contributed by atoms with E-state index in [1.807, 2.05) is 57.2 Å². The van der Waals surface area contributed by atoms with E-state index in [0.29, 0.717) is 11.3 Å². The monoisotopic (exact) mass is 431 g/mol. The van der Waals surface area contributed by atoms with E-state index in [0.717, 1.165) is 5.56 Å². The number of methoxy groups -OCH3 is 1. The number of carbonyl (C=O) groups excluding carboxylic acids is 1. The molecular weight excluding hydrogens is 406 g/mol. The van der Waals surface area contributed by atoms with Gasteiger partial charge in [0.1, 0.15) is 11.4 Å². The molecule has 8 heteroatoms. The van der Waals surface area contributed by atoms with Crippen LogP contribution in [0.2, 0.25) is 0 Å². The Hall–Kier alpha value is -3.96. The molecule has 1 amide bonds. The van der Waals surface area contributed by atoms with Gasteiger partial charge in [-0.1, -0.05) is 18.2 Å². The molecule has 164 valence electrons. The summed E-state index contributed by atoms with van der Waals surface area (Å²) >= 11 is 0. The van der Waals surface area contributed by atoms with Gasteiger partial charge in [-0.25, -0.2) is 4.79 Å². The van der Waals surface area contributed by atoms with Crippen LogP contribution in [0.15, 0.2) is 47.2 Å². The zero-order valence-corrected chi connectivity index (χ0v) is 18.5. The summed E-state index contributed by atoms with van der Waals surface area (Å²) in [5.74, 6) is -0.345. The van der Waals surface area contributed by atoms with Crippen molar-refractivity contribution in [3.8, 4) is 24.0 Å². The van der Waals surface area contributed by atoms with E-state index < -0.39 is 23.3 Å². The number of nitrogens with two attached hydrogens (primary N) is 1. The minimum Gasteiger partial charge on any atom is -0.488 e. The molecule has 2 atom stereocenters. The molecule has 3 rings (SSSR count). The molecule has 0 saturated heterocycles. The van der Waals surface area contributed by atoms with Gasteiger partial charge in [-0.2, -0.15) is 15.8 Å². The van der Waals surface area contributed by atoms with E-state index in [-0.39, 0.29) is 30.0 Å². The minimum atomic E-state index is -1.75. The summed E-state index contributed by atoms with van der Waals surface area (Å²) in [5, 5.41) is 29.8. The lowest BCUT2D eigenvalue weighted by molar-refractivity contribution is 0.117. The molecule has 1 aliphatic carbocycles. The summed E-state index contributed by atoms with van der Waals surface area (Å²) in [5.41, 5.74) is 5.58. The van der Waals surface area contributed by atoms with Crippen molar-refractivity contribution in [1.82, 2.24) is 4.90 Å². The molecule has 0 saturated carbocycles. The normalized spacial score (nSPS) is 21.9. The zero-order chi connectivity index (χ0) is 23.7. The number of hydrogen-bond donors (Lipinski definition) is 1. The number of nitriles is 3. The van der Waals surface area contributed by atoms with Gasteiger partial charge in [-0.3, -0.25) is 0 Å². The zero-order valence-electron chi connectivity index (χ0n) is 18.5. The van der Waals surface area contributed by atoms with E-state index in [9.17, 15) is 20.6 Å². The fraction of sp³-hybridized carbons (Fsp3) is 0.417. The Morgan fingerprint density at radius 3 is 2.31 bits per heavy atom. The first kappa shape index (κ1) is 22.7. The highest BCUT2D eigenvalue weighted by molar-refractivity contribution is 5.69. The van der Waals surface area contributed by atoms with Crippen molar-refractivity contribution in [3.63, 3.8) is 0 Å². The molecule has 1 aliphatic heterocycles. The molecule has 2 unspecified atom stereocenters. The van der Waals surface area contributed by atoms with Crippen molar-refractivity contribution in [2.75, 3.05) is 20.2 Å². The third-order valence-corrected chi connectivity index (χ3v) is 5.74. The number of hydrogen-bond acceptors (Lipinski definition) is 7. The maximum atomic E-state index is 12.2. The second kappa shape index (κ2) is 8.29. The van der Waals surface area contributed by atoms with Crippen molar-refractivity contribution in [2.45, 2.75) is 32.3 Å². The number of carbonyl (C=O) groups is 1. The fourth-order valence-electron chi connectivity index (χ4n) is 4.39. The van der Waals surface area contributed by atoms with Gasteiger partial charge >= 0.3 is 6.09 Å². The summed E-state index contributed by atoms with van der Waals surface area (Å²) in [6, 6.07) is 13.5. The lowest BCUT2D eigenvalue weighted by Gasteiger charge is -2.44. The molecule has 0 fully saturated rings. The fourth-order valence-corrected chi connectivity index (χ4v) is 4.39. The quantitative estimate of drug-likeness (QED) is 0.709. The average Bonchev–Trinajstić information content (AvgIpc) is 2.77. The maximum absolute atomic E-state index is 12.2. The molecule has 1 aromatic carbocycles. The van der Waals surface area contributed by atoms with Gasteiger partial charge in [0.05, 0.1) is 36.6 Å². The molecule has 0 aromatic heterocycles. The highest BCUT2D eigenvalue weighted by atomic mass is 16.5. The molecule has 32 heavy (non-hydrogen) atoms. The van der Waals surface area contributed by atoms with Crippen LogP contribution in [-0.2, 0) is 4.74 Å². The Morgan fingerprint density at radius 2 is 1.81 bits per heavy atom. The van der Waals surface area contributed by atoms with Crippen molar-refractivity contribution in [2.24, 2.45) is 17.1 Å². The minimum absolute atomic E-state index is 0.0564. The second-order valence-electron chi connectivity index (χ2n) is 8.81. The van der Waals surface area contributed by atoms with E-state index in [1.165, 1.54) is 12.0 Å². The Morgan fingerprint density at radius 1 is 1.19 bits per heavy atom. The topological polar surface area (TPSA) is 136 Å². The summed E-state index contributed by atoms with van der Waals surface area (Å²) < 4.78 is 10.7. The molecular formula is C24H25N5O3. The predicted molar refractivity (Wildman–Crippen MR) is 116 cm³/mol. The van der Waals surface area contributed by atoms with Crippen molar-refractivity contribution < 1.29 is 14.3 Å². The van der Waals surface area contributed by atoms with Crippen LogP contribution in [0.25, 0.3) is 0 Å². The van der Waals surface area contributed by atoms with Gasteiger partial charge in [-0.05, 0) is 44.0 Å². The first-order chi connectivity index (χ1) is 15.1. The first-order valence-electron chi connectivity index (χ1n) is 10.2. The van der Waals surface area contributed by atoms with Gasteiger partial charge in [0, 0.05) is 24.9 Å². The Labute approximate surface area is 187 Å². The summed E-state index contributed by atoms with van der Waals surface area (Å²) in [7, 11) is 1.29. The van der Waals surface area contributed by atoms with Crippen molar-refractivity contribution >= 4 is 6.09 Å². The van der Waals surface area contributed by atoms with E-state index >= 15 is 0 Å². The van der Waals surface area contributed by atoms with Crippen LogP contribution >= 0.6 is 0 Å². The molecule has 0 bridgehead atoms. The van der Waals surface area contributed by atoms with Gasteiger partial charge in [0.2, 0.25) is 5.41 Å². The van der Waals surface area contributed by atoms with Gasteiger partial charge < -0.3 is 20.1 Å². The van der Waals surface area contributed by atoms with Crippen LogP contribution in [0.4, 0.5) is 4.79 Å². The predicted octanol–water partition coefficient (Wildman–Crippen LogP) is 3.36. The van der Waals surface area contributed by atoms with E-state index in [4.69, 9.17) is 15.2 Å². The van der Waals surface area contributed by atoms with Gasteiger partial charge in [0.25, 0.3) is 0 Å². The largest absolute Gasteiger partial charge is 0.488 e. The highest BCUT2D eigenvalue weighted by Gasteiger charge is 2.53. The maximum Gasteiger partial charge on any atom is 0.409 e. The smallest absolute Gasteiger partial charge is 0.409 e. The number of fused-ring (bicyclic) bond motifs is 1. The molecule has 0 spiro atoms. The van der Waals surface area contributed by atoms with E-state index in [1.54, 1.807) is 6.08 Å². The van der Waals surface area contributed by atoms with Crippen LogP contribution in [0, 0.1) is 45.3 Å². The highest BCUT2D eigenvalue weighted by Crippen LogP contribution is 2.52. The van der Waals surface area contributed by atoms with Crippen molar-refractivity contribution in [1.29, 1.82) is 15.8 Å². The molecule has 0 radical (unpaired) electrons. The molecule has 1 heterocycles. The number of amides is 1. The summed E-state index contributed by atoms with van der Waals surface area (Å²) in [6.45, 7) is 6.21. The van der Waals surface area contributed by atoms with E-state index in [2.05, 4.69) is 6.07 Å².